The van der Waals surface area contributed by atoms with Crippen molar-refractivity contribution in [3.05, 3.63) is 41.3 Å². The first-order valence-electron chi connectivity index (χ1n) is 14.1. The van der Waals surface area contributed by atoms with Crippen LogP contribution in [0.5, 0.6) is 0 Å². The number of piperazine rings is 1. The molecule has 0 amide bonds. The summed E-state index contributed by atoms with van der Waals surface area (Å²) < 4.78 is 25.8. The molecule has 4 aromatic rings. The summed E-state index contributed by atoms with van der Waals surface area (Å²) in [6, 6.07) is 5.26. The zero-order chi connectivity index (χ0) is 27.6. The van der Waals surface area contributed by atoms with E-state index in [0.29, 0.717) is 23.6 Å². The van der Waals surface area contributed by atoms with Crippen LogP contribution in [0.2, 0.25) is 0 Å². The maximum absolute atomic E-state index is 12.0. The van der Waals surface area contributed by atoms with E-state index in [1.54, 1.807) is 6.33 Å². The predicted octanol–water partition coefficient (Wildman–Crippen LogP) is 4.49. The summed E-state index contributed by atoms with van der Waals surface area (Å²) in [5, 5.41) is 4.41. The Hall–Kier alpha value is -2.98. The van der Waals surface area contributed by atoms with E-state index in [4.69, 9.17) is 4.98 Å². The Morgan fingerprint density at radius 2 is 1.77 bits per heavy atom. The van der Waals surface area contributed by atoms with Crippen molar-refractivity contribution in [3.8, 4) is 11.3 Å². The highest BCUT2D eigenvalue weighted by Crippen LogP contribution is 2.38. The van der Waals surface area contributed by atoms with Crippen LogP contribution < -0.4 is 4.90 Å². The van der Waals surface area contributed by atoms with Gasteiger partial charge in [-0.05, 0) is 69.7 Å². The summed E-state index contributed by atoms with van der Waals surface area (Å²) >= 11 is 0. The minimum atomic E-state index is -2.86. The lowest BCUT2D eigenvalue weighted by atomic mass is 9.95. The number of aryl methyl sites for hydroxylation is 1. The Bertz CT molecular complexity index is 1640. The van der Waals surface area contributed by atoms with Crippen LogP contribution in [-0.4, -0.2) is 80.6 Å². The van der Waals surface area contributed by atoms with Crippen LogP contribution in [0, 0.1) is 13.8 Å². The maximum atomic E-state index is 12.0. The molecule has 10 heteroatoms. The average Bonchev–Trinajstić information content (AvgIpc) is 3.52. The van der Waals surface area contributed by atoms with E-state index in [1.807, 2.05) is 4.52 Å². The topological polar surface area (TPSA) is 99.5 Å². The van der Waals surface area contributed by atoms with Crippen LogP contribution >= 0.6 is 0 Å². The molecule has 2 atom stereocenters. The minimum Gasteiger partial charge on any atom is -0.353 e. The number of nitrogens with zero attached hydrogens (tertiary/aromatic N) is 6. The van der Waals surface area contributed by atoms with Crippen LogP contribution in [0.25, 0.3) is 27.9 Å². The van der Waals surface area contributed by atoms with E-state index in [0.717, 1.165) is 65.3 Å². The number of hydrogen-bond acceptors (Lipinski definition) is 7. The molecule has 0 bridgehead atoms. The van der Waals surface area contributed by atoms with Gasteiger partial charge in [0.1, 0.15) is 22.0 Å². The predicted molar refractivity (Wildman–Crippen MR) is 156 cm³/mol. The van der Waals surface area contributed by atoms with E-state index in [9.17, 15) is 8.42 Å². The Kier molecular flexibility index (Phi) is 6.45. The van der Waals surface area contributed by atoms with Crippen molar-refractivity contribution in [1.29, 1.82) is 0 Å². The zero-order valence-electron chi connectivity index (χ0n) is 23.8. The lowest BCUT2D eigenvalue weighted by Gasteiger charge is -2.48. The van der Waals surface area contributed by atoms with Gasteiger partial charge in [-0.1, -0.05) is 13.8 Å². The largest absolute Gasteiger partial charge is 0.353 e. The number of sulfone groups is 1. The van der Waals surface area contributed by atoms with Gasteiger partial charge in [-0.2, -0.15) is 5.10 Å². The average molecular weight is 550 g/mol. The van der Waals surface area contributed by atoms with Crippen LogP contribution in [-0.2, 0) is 9.84 Å². The standard InChI is InChI=1S/C29H39N7O2S/c1-17(2)26-27(23-15-36-29(30-16-31-36)21(6)20(23)5)32-24-7-8-25(33-28(24)26)35-14-18(3)34(13-19(35)4)22-9-11-39(37,38)12-10-22/h7-8,15-19,22,32H,9-14H2,1-6H3/t18-,19-/m1/s1. The number of nitrogens with one attached hydrogen (secondary N) is 1. The Morgan fingerprint density at radius 3 is 2.49 bits per heavy atom. The van der Waals surface area contributed by atoms with Crippen LogP contribution in [0.3, 0.4) is 0 Å². The van der Waals surface area contributed by atoms with E-state index in [2.05, 4.69) is 84.7 Å². The van der Waals surface area contributed by atoms with E-state index >= 15 is 0 Å². The molecule has 1 N–H and O–H groups in total. The third-order valence-corrected chi connectivity index (χ3v) is 10.7. The van der Waals surface area contributed by atoms with Crippen molar-refractivity contribution < 1.29 is 8.42 Å². The van der Waals surface area contributed by atoms with Crippen molar-refractivity contribution >= 4 is 32.3 Å². The summed E-state index contributed by atoms with van der Waals surface area (Å²) in [6.45, 7) is 15.0. The van der Waals surface area contributed by atoms with Crippen molar-refractivity contribution in [1.82, 2.24) is 29.5 Å². The first-order valence-corrected chi connectivity index (χ1v) is 15.9. The molecular weight excluding hydrogens is 510 g/mol. The highest BCUT2D eigenvalue weighted by atomic mass is 32.2. The molecule has 4 aromatic heterocycles. The van der Waals surface area contributed by atoms with Crippen molar-refractivity contribution in [2.75, 3.05) is 29.5 Å². The number of aromatic amines is 1. The highest BCUT2D eigenvalue weighted by Gasteiger charge is 2.36. The molecule has 2 fully saturated rings. The monoisotopic (exact) mass is 549 g/mol. The van der Waals surface area contributed by atoms with Gasteiger partial charge < -0.3 is 9.88 Å². The molecule has 2 aliphatic rings. The number of pyridine rings is 2. The molecule has 0 spiro atoms. The molecule has 0 aliphatic carbocycles. The third kappa shape index (κ3) is 4.51. The molecular formula is C29H39N7O2S. The number of fused-ring (bicyclic) bond motifs is 2. The molecule has 9 nitrogen and oxygen atoms in total. The van der Waals surface area contributed by atoms with E-state index in [1.165, 1.54) is 11.1 Å². The normalized spacial score (nSPS) is 22.9. The van der Waals surface area contributed by atoms with Gasteiger partial charge in [-0.15, -0.1) is 0 Å². The van der Waals surface area contributed by atoms with Crippen LogP contribution in [0.4, 0.5) is 5.82 Å². The van der Waals surface area contributed by atoms with Gasteiger partial charge in [0, 0.05) is 48.5 Å². The SMILES string of the molecule is Cc1c(-c2[nH]c3ccc(N4C[C@@H](C)N(C5CCS(=O)(=O)CC5)C[C@H]4C)nc3c2C(C)C)cn2ncnc2c1C. The fourth-order valence-electron chi connectivity index (χ4n) is 6.65. The fourth-order valence-corrected chi connectivity index (χ4v) is 8.12. The quantitative estimate of drug-likeness (QED) is 0.400. The fraction of sp³-hybridized carbons (Fsp3) is 0.552. The maximum Gasteiger partial charge on any atom is 0.158 e. The Balaban J connectivity index is 1.34. The van der Waals surface area contributed by atoms with Gasteiger partial charge >= 0.3 is 0 Å². The summed E-state index contributed by atoms with van der Waals surface area (Å²) in [6.07, 6.45) is 5.16. The number of rotatable bonds is 4. The second-order valence-electron chi connectivity index (χ2n) is 11.9. The molecule has 208 valence electrons. The second kappa shape index (κ2) is 9.59. The molecule has 2 saturated heterocycles. The molecule has 0 radical (unpaired) electrons. The summed E-state index contributed by atoms with van der Waals surface area (Å²) in [7, 11) is -2.86. The van der Waals surface area contributed by atoms with Crippen molar-refractivity contribution in [3.63, 3.8) is 0 Å². The summed E-state index contributed by atoms with van der Waals surface area (Å²) in [4.78, 5) is 18.4. The van der Waals surface area contributed by atoms with Gasteiger partial charge in [0.15, 0.2) is 5.65 Å². The molecule has 2 aliphatic heterocycles. The van der Waals surface area contributed by atoms with E-state index in [-0.39, 0.29) is 12.0 Å². The first kappa shape index (κ1) is 26.3. The lowest BCUT2D eigenvalue weighted by molar-refractivity contribution is 0.103. The minimum absolute atomic E-state index is 0.276. The summed E-state index contributed by atoms with van der Waals surface area (Å²) in [5.41, 5.74) is 8.71. The highest BCUT2D eigenvalue weighted by molar-refractivity contribution is 7.91. The van der Waals surface area contributed by atoms with Crippen LogP contribution in [0.15, 0.2) is 24.7 Å². The van der Waals surface area contributed by atoms with Crippen molar-refractivity contribution in [2.45, 2.75) is 78.4 Å². The van der Waals surface area contributed by atoms with Gasteiger partial charge in [0.2, 0.25) is 0 Å². The zero-order valence-corrected chi connectivity index (χ0v) is 24.6. The molecule has 39 heavy (non-hydrogen) atoms. The first-order chi connectivity index (χ1) is 18.5. The lowest BCUT2D eigenvalue weighted by Crippen LogP contribution is -2.60. The molecule has 0 unspecified atom stereocenters. The third-order valence-electron chi connectivity index (χ3n) is 8.96. The van der Waals surface area contributed by atoms with Crippen molar-refractivity contribution in [2.24, 2.45) is 0 Å². The number of H-pyrrole nitrogens is 1. The Labute approximate surface area is 230 Å². The molecule has 6 heterocycles. The van der Waals surface area contributed by atoms with Gasteiger partial charge in [-0.3, -0.25) is 4.90 Å². The van der Waals surface area contributed by atoms with E-state index < -0.39 is 9.84 Å². The van der Waals surface area contributed by atoms with Crippen LogP contribution in [0.1, 0.15) is 63.1 Å². The second-order valence-corrected chi connectivity index (χ2v) is 14.2. The number of aromatic nitrogens is 5. The van der Waals surface area contributed by atoms with Gasteiger partial charge in [0.25, 0.3) is 0 Å². The smallest absolute Gasteiger partial charge is 0.158 e. The Morgan fingerprint density at radius 1 is 1.03 bits per heavy atom. The number of anilines is 1. The molecule has 0 aromatic carbocycles. The molecule has 0 saturated carbocycles. The van der Waals surface area contributed by atoms with Gasteiger partial charge in [0.05, 0.1) is 28.2 Å². The summed E-state index contributed by atoms with van der Waals surface area (Å²) in [5.74, 6) is 1.90. The molecule has 6 rings (SSSR count). The van der Waals surface area contributed by atoms with Gasteiger partial charge in [-0.25, -0.2) is 22.9 Å². The number of hydrogen-bond donors (Lipinski definition) is 1.